The largest absolute Gasteiger partial charge is 0.452 e. The number of aryl methyl sites for hydroxylation is 2. The number of nitro groups is 1. The molecule has 1 amide bonds. The molecule has 0 fully saturated rings. The van der Waals surface area contributed by atoms with Crippen molar-refractivity contribution in [3.8, 4) is 0 Å². The van der Waals surface area contributed by atoms with E-state index in [0.717, 1.165) is 6.07 Å². The molecule has 0 aromatic heterocycles. The second kappa shape index (κ2) is 8.19. The third-order valence-electron chi connectivity index (χ3n) is 3.70. The number of amides is 1. The number of hydrogen-bond acceptors (Lipinski definition) is 5. The summed E-state index contributed by atoms with van der Waals surface area (Å²) in [7, 11) is 0. The van der Waals surface area contributed by atoms with E-state index in [0.29, 0.717) is 16.7 Å². The maximum Gasteiger partial charge on any atom is 0.338 e. The summed E-state index contributed by atoms with van der Waals surface area (Å²) in [6.07, 6.45) is 0. The van der Waals surface area contributed by atoms with E-state index in [1.165, 1.54) is 18.2 Å². The van der Waals surface area contributed by atoms with Crippen LogP contribution >= 0.6 is 0 Å². The van der Waals surface area contributed by atoms with Crippen LogP contribution in [-0.4, -0.2) is 23.4 Å². The van der Waals surface area contributed by atoms with Gasteiger partial charge < -0.3 is 10.1 Å². The summed E-state index contributed by atoms with van der Waals surface area (Å²) in [6.45, 7) is 2.72. The maximum atomic E-state index is 13.4. The molecule has 0 aliphatic carbocycles. The van der Waals surface area contributed by atoms with Crippen LogP contribution in [-0.2, 0) is 16.1 Å². The Balaban J connectivity index is 1.88. The number of carbonyl (C=O) groups is 2. The third kappa shape index (κ3) is 4.85. The van der Waals surface area contributed by atoms with Gasteiger partial charge in [0.25, 0.3) is 11.6 Å². The Morgan fingerprint density at radius 3 is 2.50 bits per heavy atom. The zero-order valence-corrected chi connectivity index (χ0v) is 14.2. The summed E-state index contributed by atoms with van der Waals surface area (Å²) in [4.78, 5) is 34.0. The normalized spacial score (nSPS) is 10.3. The highest BCUT2D eigenvalue weighted by molar-refractivity contribution is 5.92. The van der Waals surface area contributed by atoms with Crippen molar-refractivity contribution in [1.82, 2.24) is 5.32 Å². The van der Waals surface area contributed by atoms with Gasteiger partial charge in [-0.05, 0) is 37.1 Å². The van der Waals surface area contributed by atoms with E-state index in [2.05, 4.69) is 5.32 Å². The molecule has 1 N–H and O–H groups in total. The minimum absolute atomic E-state index is 0.0179. The topological polar surface area (TPSA) is 98.5 Å². The van der Waals surface area contributed by atoms with Crippen LogP contribution in [0.15, 0.2) is 36.4 Å². The maximum absolute atomic E-state index is 13.4. The van der Waals surface area contributed by atoms with Crippen LogP contribution in [0.2, 0.25) is 0 Å². The number of ether oxygens (including phenoxy) is 1. The first kappa shape index (κ1) is 19.0. The van der Waals surface area contributed by atoms with Crippen LogP contribution in [0.4, 0.5) is 10.1 Å². The Morgan fingerprint density at radius 2 is 1.85 bits per heavy atom. The Labute approximate surface area is 148 Å². The van der Waals surface area contributed by atoms with Crippen molar-refractivity contribution in [2.45, 2.75) is 20.4 Å². The van der Waals surface area contributed by atoms with Gasteiger partial charge in [-0.3, -0.25) is 14.9 Å². The van der Waals surface area contributed by atoms with Crippen LogP contribution in [0, 0.1) is 29.8 Å². The SMILES string of the molecule is Cc1ccc(CNC(=O)COC(=O)c2ccc(C)c([N+](=O)[O-])c2)cc1F. The fraction of sp³-hybridized carbons (Fsp3) is 0.222. The number of rotatable bonds is 6. The van der Waals surface area contributed by atoms with Crippen molar-refractivity contribution >= 4 is 17.6 Å². The molecule has 0 unspecified atom stereocenters. The van der Waals surface area contributed by atoms with E-state index >= 15 is 0 Å². The molecule has 2 aromatic rings. The number of halogens is 1. The average Bonchev–Trinajstić information content (AvgIpc) is 2.60. The number of hydrogen-bond donors (Lipinski definition) is 1. The molecule has 0 saturated heterocycles. The lowest BCUT2D eigenvalue weighted by Gasteiger charge is -2.08. The molecule has 0 atom stereocenters. The van der Waals surface area contributed by atoms with Gasteiger partial charge in [-0.25, -0.2) is 9.18 Å². The number of esters is 1. The summed E-state index contributed by atoms with van der Waals surface area (Å²) in [6, 6.07) is 8.51. The molecule has 0 aliphatic heterocycles. The molecular weight excluding hydrogens is 343 g/mol. The van der Waals surface area contributed by atoms with E-state index in [1.54, 1.807) is 26.0 Å². The average molecular weight is 360 g/mol. The summed E-state index contributed by atoms with van der Waals surface area (Å²) in [5, 5.41) is 13.4. The van der Waals surface area contributed by atoms with Gasteiger partial charge in [0, 0.05) is 18.2 Å². The van der Waals surface area contributed by atoms with Crippen LogP contribution in [0.1, 0.15) is 27.0 Å². The summed E-state index contributed by atoms with van der Waals surface area (Å²) < 4.78 is 18.3. The second-order valence-corrected chi connectivity index (χ2v) is 5.69. The van der Waals surface area contributed by atoms with Gasteiger partial charge in [-0.15, -0.1) is 0 Å². The van der Waals surface area contributed by atoms with Gasteiger partial charge in [0.2, 0.25) is 0 Å². The Morgan fingerprint density at radius 1 is 1.15 bits per heavy atom. The van der Waals surface area contributed by atoms with Gasteiger partial charge in [-0.2, -0.15) is 0 Å². The molecule has 2 rings (SSSR count). The van der Waals surface area contributed by atoms with E-state index in [4.69, 9.17) is 4.74 Å². The Kier molecular flexibility index (Phi) is 6.00. The number of nitrogens with one attached hydrogen (secondary N) is 1. The lowest BCUT2D eigenvalue weighted by Crippen LogP contribution is -2.28. The molecule has 0 saturated carbocycles. The number of benzene rings is 2. The van der Waals surface area contributed by atoms with E-state index in [9.17, 15) is 24.1 Å². The molecule has 0 heterocycles. The third-order valence-corrected chi connectivity index (χ3v) is 3.70. The lowest BCUT2D eigenvalue weighted by atomic mass is 10.1. The summed E-state index contributed by atoms with van der Waals surface area (Å²) >= 11 is 0. The molecule has 0 spiro atoms. The van der Waals surface area contributed by atoms with E-state index in [1.807, 2.05) is 0 Å². The highest BCUT2D eigenvalue weighted by Gasteiger charge is 2.16. The predicted octanol–water partition coefficient (Wildman–Crippen LogP) is 2.82. The van der Waals surface area contributed by atoms with Gasteiger partial charge in [0.05, 0.1) is 10.5 Å². The van der Waals surface area contributed by atoms with Crippen molar-refractivity contribution < 1.29 is 23.6 Å². The molecule has 0 aliphatic rings. The number of nitro benzene ring substituents is 1. The highest BCUT2D eigenvalue weighted by Crippen LogP contribution is 2.19. The van der Waals surface area contributed by atoms with E-state index < -0.39 is 23.4 Å². The van der Waals surface area contributed by atoms with Crippen molar-refractivity contribution in [1.29, 1.82) is 0 Å². The highest BCUT2D eigenvalue weighted by atomic mass is 19.1. The zero-order valence-electron chi connectivity index (χ0n) is 14.2. The fourth-order valence-corrected chi connectivity index (χ4v) is 2.15. The zero-order chi connectivity index (χ0) is 19.3. The number of carbonyl (C=O) groups excluding carboxylic acids is 2. The molecule has 0 radical (unpaired) electrons. The smallest absolute Gasteiger partial charge is 0.338 e. The van der Waals surface area contributed by atoms with E-state index in [-0.39, 0.29) is 23.6 Å². The van der Waals surface area contributed by atoms with Gasteiger partial charge >= 0.3 is 5.97 Å². The van der Waals surface area contributed by atoms with Gasteiger partial charge in [0.1, 0.15) is 5.82 Å². The van der Waals surface area contributed by atoms with Crippen LogP contribution in [0.25, 0.3) is 0 Å². The van der Waals surface area contributed by atoms with Crippen LogP contribution < -0.4 is 5.32 Å². The monoisotopic (exact) mass is 360 g/mol. The first-order valence-corrected chi connectivity index (χ1v) is 7.72. The van der Waals surface area contributed by atoms with Crippen molar-refractivity contribution in [3.05, 3.63) is 74.6 Å². The number of nitrogens with zero attached hydrogens (tertiary/aromatic N) is 1. The summed E-state index contributed by atoms with van der Waals surface area (Å²) in [5.41, 5.74) is 1.26. The van der Waals surface area contributed by atoms with Crippen LogP contribution in [0.5, 0.6) is 0 Å². The quantitative estimate of drug-likeness (QED) is 0.485. The first-order valence-electron chi connectivity index (χ1n) is 7.72. The molecule has 26 heavy (non-hydrogen) atoms. The Hall–Kier alpha value is -3.29. The predicted molar refractivity (Wildman–Crippen MR) is 91.1 cm³/mol. The minimum atomic E-state index is -0.843. The van der Waals surface area contributed by atoms with Gasteiger partial charge in [0.15, 0.2) is 6.61 Å². The van der Waals surface area contributed by atoms with Crippen LogP contribution in [0.3, 0.4) is 0 Å². The standard InChI is InChI=1S/C18H17FN2O5/c1-11-3-5-13(7-15(11)19)9-20-17(22)10-26-18(23)14-6-4-12(2)16(8-14)21(24)25/h3-8H,9-10H2,1-2H3,(H,20,22). The minimum Gasteiger partial charge on any atom is -0.452 e. The molecule has 0 bridgehead atoms. The molecular formula is C18H17FN2O5. The first-order chi connectivity index (χ1) is 12.3. The molecule has 2 aromatic carbocycles. The molecule has 7 nitrogen and oxygen atoms in total. The lowest BCUT2D eigenvalue weighted by molar-refractivity contribution is -0.385. The van der Waals surface area contributed by atoms with Gasteiger partial charge in [-0.1, -0.05) is 18.2 Å². The van der Waals surface area contributed by atoms with Crippen molar-refractivity contribution in [2.24, 2.45) is 0 Å². The Bertz CT molecular complexity index is 867. The molecule has 136 valence electrons. The van der Waals surface area contributed by atoms with Crippen molar-refractivity contribution in [2.75, 3.05) is 6.61 Å². The summed E-state index contributed by atoms with van der Waals surface area (Å²) in [5.74, 6) is -1.78. The van der Waals surface area contributed by atoms with Crippen molar-refractivity contribution in [3.63, 3.8) is 0 Å². The fourth-order valence-electron chi connectivity index (χ4n) is 2.15. The second-order valence-electron chi connectivity index (χ2n) is 5.69. The molecule has 8 heteroatoms.